The number of anilines is 1. The molecule has 0 bridgehead atoms. The van der Waals surface area contributed by atoms with Crippen LogP contribution in [0.25, 0.3) is 11.1 Å². The summed E-state index contributed by atoms with van der Waals surface area (Å²) in [6.45, 7) is 0. The molecule has 0 saturated heterocycles. The summed E-state index contributed by atoms with van der Waals surface area (Å²) in [7, 11) is 0. The Morgan fingerprint density at radius 3 is 2.24 bits per heavy atom. The number of benzene rings is 2. The molecule has 5 N–H and O–H groups in total. The predicted octanol–water partition coefficient (Wildman–Crippen LogP) is 2.68. The molecule has 0 aliphatic rings. The van der Waals surface area contributed by atoms with Crippen LogP contribution in [0.5, 0.6) is 11.5 Å². The molecule has 0 atom stereocenters. The molecule has 0 amide bonds. The number of carboxylic acid groups (broad SMARTS) is 2. The Labute approximate surface area is 163 Å². The first-order valence-electron chi connectivity index (χ1n) is 8.12. The number of hydrogen-bond donors (Lipinski definition) is 4. The molecule has 9 heteroatoms. The number of carboxylic acids is 2. The molecule has 144 valence electrons. The fourth-order valence-corrected chi connectivity index (χ4v) is 2.78. The maximum Gasteiger partial charge on any atom is 0.342 e. The minimum absolute atomic E-state index is 0.128. The summed E-state index contributed by atoms with van der Waals surface area (Å²) in [5, 5.41) is 27.8. The third kappa shape index (κ3) is 3.77. The molecule has 3 rings (SSSR count). The highest BCUT2D eigenvalue weighted by Gasteiger charge is 2.26. The fraction of sp³-hybridized carbons (Fsp3) is 0. The van der Waals surface area contributed by atoms with E-state index in [9.17, 15) is 24.6 Å². The van der Waals surface area contributed by atoms with E-state index in [0.29, 0.717) is 11.3 Å². The lowest BCUT2D eigenvalue weighted by Gasteiger charge is -2.13. The minimum atomic E-state index is -1.60. The number of hydrogen-bond acceptors (Lipinski definition) is 6. The average molecular weight is 391 g/mol. The highest BCUT2D eigenvalue weighted by molar-refractivity contribution is 6.07. The van der Waals surface area contributed by atoms with Crippen molar-refractivity contribution in [2.75, 3.05) is 5.73 Å². The van der Waals surface area contributed by atoms with Gasteiger partial charge in [0.15, 0.2) is 0 Å². The highest BCUT2D eigenvalue weighted by atomic mass is 16.5. The Kier molecular flexibility index (Phi) is 5.01. The summed E-state index contributed by atoms with van der Waals surface area (Å²) < 4.78 is 5.68. The summed E-state index contributed by atoms with van der Waals surface area (Å²) in [6.07, 6.45) is 0. The number of pyridine rings is 1. The largest absolute Gasteiger partial charge is 0.478 e. The third-order valence-corrected chi connectivity index (χ3v) is 4.01. The molecule has 0 unspecified atom stereocenters. The summed E-state index contributed by atoms with van der Waals surface area (Å²) in [6, 6.07) is 14.2. The van der Waals surface area contributed by atoms with Gasteiger partial charge in [0.1, 0.15) is 28.4 Å². The number of carbonyl (C=O) groups is 2. The van der Waals surface area contributed by atoms with Gasteiger partial charge in [0, 0.05) is 5.56 Å². The highest BCUT2D eigenvalue weighted by Crippen LogP contribution is 2.32. The van der Waals surface area contributed by atoms with Crippen LogP contribution in [0.1, 0.15) is 26.3 Å². The van der Waals surface area contributed by atoms with E-state index in [4.69, 9.17) is 15.7 Å². The molecule has 0 saturated carbocycles. The molecular formula is C20H13N3O6. The Morgan fingerprint density at radius 2 is 1.66 bits per heavy atom. The van der Waals surface area contributed by atoms with Gasteiger partial charge in [-0.25, -0.2) is 9.59 Å². The van der Waals surface area contributed by atoms with E-state index in [1.54, 1.807) is 30.3 Å². The Morgan fingerprint density at radius 1 is 1.00 bits per heavy atom. The van der Waals surface area contributed by atoms with Crippen molar-refractivity contribution in [3.05, 3.63) is 75.6 Å². The molecule has 0 aliphatic carbocycles. The van der Waals surface area contributed by atoms with Crippen molar-refractivity contribution in [2.45, 2.75) is 0 Å². The first-order chi connectivity index (χ1) is 13.8. The summed E-state index contributed by atoms with van der Waals surface area (Å²) >= 11 is 0. The maximum atomic E-state index is 12.1. The summed E-state index contributed by atoms with van der Waals surface area (Å²) in [5.74, 6) is -2.88. The number of H-pyrrole nitrogens is 1. The van der Waals surface area contributed by atoms with Gasteiger partial charge >= 0.3 is 11.9 Å². The molecule has 29 heavy (non-hydrogen) atoms. The van der Waals surface area contributed by atoms with Crippen molar-refractivity contribution in [1.82, 2.24) is 4.98 Å². The maximum absolute atomic E-state index is 12.1. The second kappa shape index (κ2) is 7.58. The van der Waals surface area contributed by atoms with E-state index < -0.39 is 34.4 Å². The molecule has 3 aromatic rings. The number of nitrogens with one attached hydrogen (secondary N) is 1. The van der Waals surface area contributed by atoms with Gasteiger partial charge in [0.05, 0.1) is 11.6 Å². The number of rotatable bonds is 5. The molecule has 0 aliphatic heterocycles. The number of aromatic amines is 1. The van der Waals surface area contributed by atoms with Gasteiger partial charge in [-0.3, -0.25) is 4.79 Å². The van der Waals surface area contributed by atoms with Crippen LogP contribution in [0, 0.1) is 11.3 Å². The van der Waals surface area contributed by atoms with Gasteiger partial charge in [-0.05, 0) is 42.0 Å². The predicted molar refractivity (Wildman–Crippen MR) is 102 cm³/mol. The van der Waals surface area contributed by atoms with Crippen molar-refractivity contribution in [3.63, 3.8) is 0 Å². The molecule has 0 radical (unpaired) electrons. The summed E-state index contributed by atoms with van der Waals surface area (Å²) in [4.78, 5) is 37.5. The topological polar surface area (TPSA) is 166 Å². The number of nitriles is 1. The number of nitrogens with zero attached hydrogens (tertiary/aromatic N) is 1. The van der Waals surface area contributed by atoms with E-state index in [2.05, 4.69) is 0 Å². The minimum Gasteiger partial charge on any atom is -0.478 e. The molecule has 1 heterocycles. The second-order valence-corrected chi connectivity index (χ2v) is 5.87. The van der Waals surface area contributed by atoms with E-state index in [0.717, 1.165) is 0 Å². The van der Waals surface area contributed by atoms with E-state index in [1.807, 2.05) is 11.1 Å². The van der Waals surface area contributed by atoms with Gasteiger partial charge < -0.3 is 25.7 Å². The van der Waals surface area contributed by atoms with Crippen LogP contribution in [0.2, 0.25) is 0 Å². The van der Waals surface area contributed by atoms with E-state index >= 15 is 0 Å². The van der Waals surface area contributed by atoms with Gasteiger partial charge in [0.2, 0.25) is 0 Å². The quantitative estimate of drug-likeness (QED) is 0.515. The zero-order valence-electron chi connectivity index (χ0n) is 14.7. The lowest BCUT2D eigenvalue weighted by atomic mass is 9.95. The fourth-order valence-electron chi connectivity index (χ4n) is 2.78. The van der Waals surface area contributed by atoms with Crippen LogP contribution in [-0.2, 0) is 0 Å². The monoisotopic (exact) mass is 391 g/mol. The first-order valence-corrected chi connectivity index (χ1v) is 8.12. The Hall–Kier alpha value is -4.58. The Balaban J connectivity index is 2.15. The van der Waals surface area contributed by atoms with E-state index in [-0.39, 0.29) is 16.9 Å². The van der Waals surface area contributed by atoms with Crippen molar-refractivity contribution in [1.29, 1.82) is 5.26 Å². The lowest BCUT2D eigenvalue weighted by molar-refractivity contribution is 0.0695. The van der Waals surface area contributed by atoms with Crippen LogP contribution < -0.4 is 16.0 Å². The molecule has 9 nitrogen and oxygen atoms in total. The van der Waals surface area contributed by atoms with Gasteiger partial charge in [-0.2, -0.15) is 5.26 Å². The zero-order valence-corrected chi connectivity index (χ0v) is 14.7. The smallest absolute Gasteiger partial charge is 0.342 e. The van der Waals surface area contributed by atoms with Crippen LogP contribution >= 0.6 is 0 Å². The number of ether oxygens (including phenoxy) is 1. The first kappa shape index (κ1) is 19.2. The standard InChI is InChI=1S/C20H13N3O6/c21-9-10-4-6-12(7-5-10)29-13-3-1-2-11(8-13)14-15(19(25)26)17(22)23-18(24)16(14)20(27)28/h1-8H,(H,25,26)(H,27,28)(H3,22,23,24). The number of aromatic carboxylic acids is 2. The van der Waals surface area contributed by atoms with Crippen LogP contribution in [0.3, 0.4) is 0 Å². The number of nitrogen functional groups attached to an aromatic ring is 1. The lowest BCUT2D eigenvalue weighted by Crippen LogP contribution is -2.24. The van der Waals surface area contributed by atoms with Gasteiger partial charge in [-0.1, -0.05) is 12.1 Å². The average Bonchev–Trinajstić information content (AvgIpc) is 2.67. The van der Waals surface area contributed by atoms with Crippen molar-refractivity contribution >= 4 is 17.8 Å². The third-order valence-electron chi connectivity index (χ3n) is 4.01. The van der Waals surface area contributed by atoms with Gasteiger partial charge in [0.25, 0.3) is 5.56 Å². The SMILES string of the molecule is N#Cc1ccc(Oc2cccc(-c3c(C(=O)O)c(N)[nH]c(=O)c3C(=O)O)c2)cc1. The number of nitrogens with two attached hydrogens (primary N) is 1. The molecule has 0 spiro atoms. The second-order valence-electron chi connectivity index (χ2n) is 5.87. The molecule has 1 aromatic heterocycles. The number of aromatic nitrogens is 1. The molecule has 0 fully saturated rings. The van der Waals surface area contributed by atoms with Crippen molar-refractivity contribution < 1.29 is 24.5 Å². The zero-order chi connectivity index (χ0) is 21.1. The molecule has 2 aromatic carbocycles. The van der Waals surface area contributed by atoms with Gasteiger partial charge in [-0.15, -0.1) is 0 Å². The van der Waals surface area contributed by atoms with Crippen molar-refractivity contribution in [2.24, 2.45) is 0 Å². The van der Waals surface area contributed by atoms with Crippen LogP contribution in [0.4, 0.5) is 5.82 Å². The van der Waals surface area contributed by atoms with Crippen LogP contribution in [-0.4, -0.2) is 27.1 Å². The summed E-state index contributed by atoms with van der Waals surface area (Å²) in [5.41, 5.74) is 3.59. The Bertz CT molecular complexity index is 1220. The van der Waals surface area contributed by atoms with Crippen LogP contribution in [0.15, 0.2) is 53.3 Å². The van der Waals surface area contributed by atoms with E-state index in [1.165, 1.54) is 18.2 Å². The normalized spacial score (nSPS) is 10.2. The molecular weight excluding hydrogens is 378 g/mol. The van der Waals surface area contributed by atoms with Crippen molar-refractivity contribution in [3.8, 4) is 28.7 Å².